The van der Waals surface area contributed by atoms with Gasteiger partial charge in [-0.05, 0) is 81.8 Å². The van der Waals surface area contributed by atoms with Crippen molar-refractivity contribution in [2.75, 3.05) is 0 Å². The summed E-state index contributed by atoms with van der Waals surface area (Å²) in [5.41, 5.74) is 3.32. The highest BCUT2D eigenvalue weighted by atomic mass is 15.0. The van der Waals surface area contributed by atoms with Crippen molar-refractivity contribution >= 4 is 10.9 Å². The van der Waals surface area contributed by atoms with Crippen LogP contribution in [0, 0.1) is 17.8 Å². The van der Waals surface area contributed by atoms with Crippen LogP contribution in [0.5, 0.6) is 0 Å². The lowest BCUT2D eigenvalue weighted by Gasteiger charge is -2.57. The van der Waals surface area contributed by atoms with E-state index in [9.17, 15) is 0 Å². The molecule has 0 saturated heterocycles. The van der Waals surface area contributed by atoms with Crippen molar-refractivity contribution in [3.63, 3.8) is 0 Å². The van der Waals surface area contributed by atoms with Gasteiger partial charge in [-0.3, -0.25) is 0 Å². The van der Waals surface area contributed by atoms with Crippen LogP contribution in [-0.4, -0.2) is 10.1 Å². The van der Waals surface area contributed by atoms with Crippen molar-refractivity contribution in [3.8, 4) is 0 Å². The molecule has 1 aromatic carbocycles. The quantitative estimate of drug-likeness (QED) is 0.810. The summed E-state index contributed by atoms with van der Waals surface area (Å²) in [7, 11) is 0. The second kappa shape index (κ2) is 5.36. The van der Waals surface area contributed by atoms with Crippen molar-refractivity contribution in [1.82, 2.24) is 9.88 Å². The molecule has 2 aromatic rings. The fourth-order valence-corrected chi connectivity index (χ4v) is 6.46. The van der Waals surface area contributed by atoms with Gasteiger partial charge in [0.15, 0.2) is 0 Å². The van der Waals surface area contributed by atoms with Gasteiger partial charge in [0, 0.05) is 35.2 Å². The molecular formula is C22H30N2. The first-order valence-corrected chi connectivity index (χ1v) is 9.95. The predicted molar refractivity (Wildman–Crippen MR) is 100 cm³/mol. The number of hydrogen-bond acceptors (Lipinski definition) is 1. The van der Waals surface area contributed by atoms with Crippen LogP contribution in [0.15, 0.2) is 30.5 Å². The normalized spacial score (nSPS) is 34.5. The van der Waals surface area contributed by atoms with Gasteiger partial charge in [0.2, 0.25) is 0 Å². The molecule has 0 aliphatic heterocycles. The van der Waals surface area contributed by atoms with Crippen molar-refractivity contribution < 1.29 is 0 Å². The van der Waals surface area contributed by atoms with Gasteiger partial charge < -0.3 is 9.88 Å². The number of benzene rings is 1. The predicted octanol–water partition coefficient (Wildman–Crippen LogP) is 5.28. The summed E-state index contributed by atoms with van der Waals surface area (Å²) in [6.45, 7) is 5.60. The van der Waals surface area contributed by atoms with Crippen LogP contribution >= 0.6 is 0 Å². The Hall–Kier alpha value is -1.28. The summed E-state index contributed by atoms with van der Waals surface area (Å²) >= 11 is 0. The minimum Gasteiger partial charge on any atom is -0.345 e. The van der Waals surface area contributed by atoms with Crippen molar-refractivity contribution in [3.05, 3.63) is 36.0 Å². The van der Waals surface area contributed by atoms with Crippen LogP contribution in [0.2, 0.25) is 0 Å². The lowest BCUT2D eigenvalue weighted by molar-refractivity contribution is -0.0205. The summed E-state index contributed by atoms with van der Waals surface area (Å²) in [6, 6.07) is 9.43. The van der Waals surface area contributed by atoms with Gasteiger partial charge in [0.25, 0.3) is 0 Å². The first-order valence-electron chi connectivity index (χ1n) is 9.95. The number of fused-ring (bicyclic) bond motifs is 1. The maximum atomic E-state index is 4.07. The summed E-state index contributed by atoms with van der Waals surface area (Å²) < 4.78 is 2.44. The number of aromatic nitrogens is 1. The standard InChI is InChI=1S/C22H30N2/c1-15(2)24-14-19(20-5-3-4-6-21(20)24)13-23-22-10-16-7-17(11-22)9-18(8-16)12-22/h3-6,14-18,23H,7-13H2,1-2H3. The third-order valence-corrected chi connectivity index (χ3v) is 7.07. The van der Waals surface area contributed by atoms with Crippen LogP contribution in [-0.2, 0) is 6.54 Å². The molecular weight excluding hydrogens is 292 g/mol. The third kappa shape index (κ3) is 2.34. The second-order valence-electron chi connectivity index (χ2n) is 9.22. The van der Waals surface area contributed by atoms with Gasteiger partial charge in [-0.2, -0.15) is 0 Å². The largest absolute Gasteiger partial charge is 0.345 e. The minimum atomic E-state index is 0.454. The van der Waals surface area contributed by atoms with E-state index in [1.807, 2.05) is 0 Å². The maximum absolute atomic E-state index is 4.07. The monoisotopic (exact) mass is 322 g/mol. The molecule has 0 amide bonds. The average Bonchev–Trinajstić information content (AvgIpc) is 2.91. The molecule has 1 aromatic heterocycles. The molecule has 4 aliphatic rings. The van der Waals surface area contributed by atoms with E-state index in [2.05, 4.69) is 54.2 Å². The zero-order valence-corrected chi connectivity index (χ0v) is 15.1. The van der Waals surface area contributed by atoms with E-state index in [1.54, 1.807) is 0 Å². The molecule has 2 heteroatoms. The van der Waals surface area contributed by atoms with Crippen LogP contribution < -0.4 is 5.32 Å². The van der Waals surface area contributed by atoms with Crippen molar-refractivity contribution in [2.24, 2.45) is 17.8 Å². The van der Waals surface area contributed by atoms with Gasteiger partial charge in [-0.15, -0.1) is 0 Å². The van der Waals surface area contributed by atoms with Gasteiger partial charge in [0.05, 0.1) is 0 Å². The topological polar surface area (TPSA) is 17.0 Å². The fourth-order valence-electron chi connectivity index (χ4n) is 6.46. The zero-order chi connectivity index (χ0) is 16.3. The highest BCUT2D eigenvalue weighted by Gasteiger charge is 2.50. The van der Waals surface area contributed by atoms with Crippen molar-refractivity contribution in [2.45, 2.75) is 70.5 Å². The SMILES string of the molecule is CC(C)n1cc(CNC23CC4CC(CC(C4)C2)C3)c2ccccc21. The Kier molecular flexibility index (Phi) is 3.35. The van der Waals surface area contributed by atoms with Crippen LogP contribution in [0.1, 0.15) is 64.0 Å². The number of nitrogens with zero attached hydrogens (tertiary/aromatic N) is 1. The summed E-state index contributed by atoms with van der Waals surface area (Å²) in [4.78, 5) is 0. The molecule has 0 radical (unpaired) electrons. The number of para-hydroxylation sites is 1. The van der Waals surface area contributed by atoms with E-state index in [1.165, 1.54) is 55.0 Å². The van der Waals surface area contributed by atoms with E-state index in [4.69, 9.17) is 0 Å². The molecule has 4 fully saturated rings. The highest BCUT2D eigenvalue weighted by molar-refractivity contribution is 5.84. The second-order valence-corrected chi connectivity index (χ2v) is 9.22. The van der Waals surface area contributed by atoms with Crippen LogP contribution in [0.4, 0.5) is 0 Å². The Balaban J connectivity index is 1.42. The van der Waals surface area contributed by atoms with E-state index >= 15 is 0 Å². The molecule has 0 unspecified atom stereocenters. The lowest BCUT2D eigenvalue weighted by Crippen LogP contribution is -2.58. The average molecular weight is 322 g/mol. The number of nitrogens with one attached hydrogen (secondary N) is 1. The van der Waals surface area contributed by atoms with Gasteiger partial charge >= 0.3 is 0 Å². The van der Waals surface area contributed by atoms with Gasteiger partial charge in [-0.25, -0.2) is 0 Å². The first kappa shape index (κ1) is 15.0. The third-order valence-electron chi connectivity index (χ3n) is 7.07. The van der Waals surface area contributed by atoms with Crippen LogP contribution in [0.3, 0.4) is 0 Å². The molecule has 1 heterocycles. The van der Waals surface area contributed by atoms with Gasteiger partial charge in [0.1, 0.15) is 0 Å². The maximum Gasteiger partial charge on any atom is 0.0486 e. The van der Waals surface area contributed by atoms with Gasteiger partial charge in [-0.1, -0.05) is 18.2 Å². The number of hydrogen-bond donors (Lipinski definition) is 1. The molecule has 4 aliphatic carbocycles. The Morgan fingerprint density at radius 2 is 1.67 bits per heavy atom. The fraction of sp³-hybridized carbons (Fsp3) is 0.636. The molecule has 4 bridgehead atoms. The molecule has 128 valence electrons. The van der Waals surface area contributed by atoms with E-state index < -0.39 is 0 Å². The molecule has 2 nitrogen and oxygen atoms in total. The molecule has 4 saturated carbocycles. The van der Waals surface area contributed by atoms with Crippen LogP contribution in [0.25, 0.3) is 10.9 Å². The lowest BCUT2D eigenvalue weighted by atomic mass is 9.53. The molecule has 24 heavy (non-hydrogen) atoms. The van der Waals surface area contributed by atoms with E-state index in [0.717, 1.165) is 24.3 Å². The highest BCUT2D eigenvalue weighted by Crippen LogP contribution is 2.55. The summed E-state index contributed by atoms with van der Waals surface area (Å²) in [5, 5.41) is 5.51. The Labute approximate surface area is 145 Å². The molecule has 0 spiro atoms. The number of rotatable bonds is 4. The molecule has 6 rings (SSSR count). The summed E-state index contributed by atoms with van der Waals surface area (Å²) in [5.74, 6) is 3.04. The zero-order valence-electron chi connectivity index (χ0n) is 15.1. The Morgan fingerprint density at radius 1 is 1.04 bits per heavy atom. The molecule has 0 atom stereocenters. The smallest absolute Gasteiger partial charge is 0.0486 e. The molecule has 1 N–H and O–H groups in total. The summed E-state index contributed by atoms with van der Waals surface area (Å²) in [6.07, 6.45) is 11.3. The Bertz CT molecular complexity index is 719. The van der Waals surface area contributed by atoms with Crippen molar-refractivity contribution in [1.29, 1.82) is 0 Å². The Morgan fingerprint density at radius 3 is 2.29 bits per heavy atom. The first-order chi connectivity index (χ1) is 11.6. The van der Waals surface area contributed by atoms with E-state index in [-0.39, 0.29) is 0 Å². The minimum absolute atomic E-state index is 0.454. The van der Waals surface area contributed by atoms with E-state index in [0.29, 0.717) is 11.6 Å².